The molecule has 4 aromatic rings. The van der Waals surface area contributed by atoms with Crippen LogP contribution in [0.4, 0.5) is 0 Å². The molecule has 0 saturated carbocycles. The number of aliphatic hydroxyl groups is 1. The van der Waals surface area contributed by atoms with Gasteiger partial charge in [0.05, 0.1) is 6.04 Å². The van der Waals surface area contributed by atoms with Crippen LogP contribution in [-0.4, -0.2) is 30.4 Å². The highest BCUT2D eigenvalue weighted by molar-refractivity contribution is 5.72. The van der Waals surface area contributed by atoms with Gasteiger partial charge in [0.15, 0.2) is 11.2 Å². The number of nitrogens with zero attached hydrogens (tertiary/aromatic N) is 4. The molecule has 1 unspecified atom stereocenters. The van der Waals surface area contributed by atoms with Crippen molar-refractivity contribution in [3.05, 3.63) is 86.1 Å². The molecule has 2 heterocycles. The third-order valence-corrected chi connectivity index (χ3v) is 6.25. The van der Waals surface area contributed by atoms with Gasteiger partial charge in [-0.15, -0.1) is 0 Å². The molecule has 0 aliphatic rings. The second-order valence-corrected chi connectivity index (χ2v) is 8.44. The molecule has 1 N–H and O–H groups in total. The number of fused-ring (bicyclic) bond motifs is 1. The van der Waals surface area contributed by atoms with Crippen molar-refractivity contribution in [3.63, 3.8) is 0 Å². The minimum absolute atomic E-state index is 0.116. The zero-order valence-electron chi connectivity index (χ0n) is 20.0. The molecule has 0 saturated heterocycles. The van der Waals surface area contributed by atoms with Gasteiger partial charge in [-0.2, -0.15) is 4.98 Å². The summed E-state index contributed by atoms with van der Waals surface area (Å²) in [6.07, 6.45) is 1.22. The first-order valence-corrected chi connectivity index (χ1v) is 11.5. The Bertz CT molecular complexity index is 1430. The Morgan fingerprint density at radius 2 is 1.79 bits per heavy atom. The summed E-state index contributed by atoms with van der Waals surface area (Å²) in [6.45, 7) is 6.09. The summed E-state index contributed by atoms with van der Waals surface area (Å²) in [5.74, 6) is 0.594. The van der Waals surface area contributed by atoms with Crippen molar-refractivity contribution >= 4 is 11.2 Å². The van der Waals surface area contributed by atoms with Crippen molar-refractivity contribution < 1.29 is 9.84 Å². The van der Waals surface area contributed by atoms with Crippen LogP contribution in [0.2, 0.25) is 0 Å². The lowest BCUT2D eigenvalue weighted by molar-refractivity contribution is 0.277. The summed E-state index contributed by atoms with van der Waals surface area (Å²) in [5, 5.41) is 9.26. The fourth-order valence-electron chi connectivity index (χ4n) is 4.27. The molecule has 0 aliphatic heterocycles. The number of imidazole rings is 1. The van der Waals surface area contributed by atoms with E-state index in [1.54, 1.807) is 11.6 Å². The van der Waals surface area contributed by atoms with E-state index in [-0.39, 0.29) is 36.4 Å². The van der Waals surface area contributed by atoms with Crippen LogP contribution in [0, 0.1) is 6.92 Å². The molecule has 0 spiro atoms. The quantitative estimate of drug-likeness (QED) is 0.432. The zero-order valence-corrected chi connectivity index (χ0v) is 20.0. The molecule has 178 valence electrons. The van der Waals surface area contributed by atoms with Gasteiger partial charge in [0.25, 0.3) is 5.56 Å². The molecule has 8 nitrogen and oxygen atoms in total. The first-order chi connectivity index (χ1) is 16.4. The normalized spacial score (nSPS) is 12.3. The summed E-state index contributed by atoms with van der Waals surface area (Å²) in [4.78, 5) is 31.1. The Labute approximate surface area is 197 Å². The third-order valence-electron chi connectivity index (χ3n) is 6.25. The van der Waals surface area contributed by atoms with Gasteiger partial charge in [0.2, 0.25) is 0 Å². The lowest BCUT2D eigenvalue weighted by Gasteiger charge is -2.19. The van der Waals surface area contributed by atoms with Gasteiger partial charge in [-0.25, -0.2) is 4.79 Å². The lowest BCUT2D eigenvalue weighted by Crippen LogP contribution is -2.40. The second-order valence-electron chi connectivity index (χ2n) is 8.44. The predicted octanol–water partition coefficient (Wildman–Crippen LogP) is 3.55. The van der Waals surface area contributed by atoms with Gasteiger partial charge in [-0.05, 0) is 55.5 Å². The van der Waals surface area contributed by atoms with Gasteiger partial charge < -0.3 is 9.84 Å². The van der Waals surface area contributed by atoms with Crippen LogP contribution < -0.4 is 16.0 Å². The van der Waals surface area contributed by atoms with Crippen molar-refractivity contribution in [2.45, 2.75) is 46.2 Å². The summed E-state index contributed by atoms with van der Waals surface area (Å²) in [6, 6.07) is 15.6. The van der Waals surface area contributed by atoms with Crippen molar-refractivity contribution in [3.8, 4) is 11.8 Å². The van der Waals surface area contributed by atoms with Crippen molar-refractivity contribution in [1.82, 2.24) is 18.7 Å². The van der Waals surface area contributed by atoms with Gasteiger partial charge in [0, 0.05) is 20.2 Å². The van der Waals surface area contributed by atoms with E-state index in [2.05, 4.69) is 11.9 Å². The molecule has 34 heavy (non-hydrogen) atoms. The van der Waals surface area contributed by atoms with Gasteiger partial charge in [0.1, 0.15) is 5.75 Å². The fraction of sp³-hybridized carbons (Fsp3) is 0.346. The van der Waals surface area contributed by atoms with E-state index < -0.39 is 11.2 Å². The topological polar surface area (TPSA) is 91.3 Å². The molecule has 8 heteroatoms. The van der Waals surface area contributed by atoms with Crippen molar-refractivity contribution in [2.75, 3.05) is 6.61 Å². The van der Waals surface area contributed by atoms with E-state index in [9.17, 15) is 14.7 Å². The average molecular weight is 463 g/mol. The predicted molar refractivity (Wildman–Crippen MR) is 132 cm³/mol. The summed E-state index contributed by atoms with van der Waals surface area (Å²) < 4.78 is 10.5. The molecule has 1 atom stereocenters. The molecule has 4 rings (SSSR count). The number of hydrogen-bond donors (Lipinski definition) is 1. The second kappa shape index (κ2) is 9.69. The maximum absolute atomic E-state index is 13.5. The highest BCUT2D eigenvalue weighted by Gasteiger charge is 2.26. The molecule has 0 bridgehead atoms. The third kappa shape index (κ3) is 4.17. The Kier molecular flexibility index (Phi) is 6.70. The standard InChI is InChI=1S/C26H30N4O4/c1-5-19-11-13-20(14-12-19)34-25-27-23-22(24(32)29(15-8-16-31)26(33)28(23)4)30(25)18(3)21-10-7-6-9-17(21)2/h6-7,9-14,18,31H,5,8,15-16H2,1-4H3. The number of benzene rings is 2. The first-order valence-electron chi connectivity index (χ1n) is 11.5. The molecule has 0 fully saturated rings. The minimum Gasteiger partial charge on any atom is -0.425 e. The molecule has 0 aliphatic carbocycles. The first kappa shape index (κ1) is 23.5. The Balaban J connectivity index is 1.98. The SMILES string of the molecule is CCc1ccc(Oc2nc3c(c(=O)n(CCCO)c(=O)n3C)n2C(C)c2ccccc2C)cc1. The molecular weight excluding hydrogens is 432 g/mol. The molecule has 2 aromatic carbocycles. The maximum Gasteiger partial charge on any atom is 0.332 e. The van der Waals surface area contributed by atoms with E-state index in [0.717, 1.165) is 22.1 Å². The zero-order chi connectivity index (χ0) is 24.4. The summed E-state index contributed by atoms with van der Waals surface area (Å²) >= 11 is 0. The number of hydrogen-bond acceptors (Lipinski definition) is 5. The molecular formula is C26H30N4O4. The van der Waals surface area contributed by atoms with Crippen molar-refractivity contribution in [2.24, 2.45) is 7.05 Å². The summed E-state index contributed by atoms with van der Waals surface area (Å²) in [5.41, 5.74) is 2.90. The minimum atomic E-state index is -0.474. The highest BCUT2D eigenvalue weighted by atomic mass is 16.5. The lowest BCUT2D eigenvalue weighted by atomic mass is 10.0. The smallest absolute Gasteiger partial charge is 0.332 e. The van der Waals surface area contributed by atoms with E-state index in [0.29, 0.717) is 12.2 Å². The van der Waals surface area contributed by atoms with E-state index in [1.165, 1.54) is 10.1 Å². The van der Waals surface area contributed by atoms with E-state index >= 15 is 0 Å². The number of ether oxygens (including phenoxy) is 1. The molecule has 0 radical (unpaired) electrons. The summed E-state index contributed by atoms with van der Waals surface area (Å²) in [7, 11) is 1.59. The number of rotatable bonds is 8. The number of aryl methyl sites for hydroxylation is 3. The average Bonchev–Trinajstić information content (AvgIpc) is 3.22. The fourth-order valence-corrected chi connectivity index (χ4v) is 4.27. The largest absolute Gasteiger partial charge is 0.425 e. The van der Waals surface area contributed by atoms with Crippen LogP contribution in [0.3, 0.4) is 0 Å². The number of aliphatic hydroxyl groups excluding tert-OH is 1. The Morgan fingerprint density at radius 1 is 1.09 bits per heavy atom. The van der Waals surface area contributed by atoms with Crippen LogP contribution in [0.25, 0.3) is 11.2 Å². The van der Waals surface area contributed by atoms with Crippen molar-refractivity contribution in [1.29, 1.82) is 0 Å². The van der Waals surface area contributed by atoms with Crippen LogP contribution in [0.1, 0.15) is 43.0 Å². The van der Waals surface area contributed by atoms with Crippen LogP contribution in [0.5, 0.6) is 11.8 Å². The molecule has 0 amide bonds. The Hall–Kier alpha value is -3.65. The van der Waals surface area contributed by atoms with E-state index in [4.69, 9.17) is 4.74 Å². The Morgan fingerprint density at radius 3 is 2.44 bits per heavy atom. The monoisotopic (exact) mass is 462 g/mol. The van der Waals surface area contributed by atoms with Gasteiger partial charge >= 0.3 is 11.7 Å². The number of aromatic nitrogens is 4. The van der Waals surface area contributed by atoms with Crippen LogP contribution >= 0.6 is 0 Å². The van der Waals surface area contributed by atoms with Crippen LogP contribution in [0.15, 0.2) is 58.1 Å². The molecule has 2 aromatic heterocycles. The van der Waals surface area contributed by atoms with E-state index in [1.807, 2.05) is 62.4 Å². The van der Waals surface area contributed by atoms with Gasteiger partial charge in [-0.3, -0.25) is 18.5 Å². The maximum atomic E-state index is 13.5. The highest BCUT2D eigenvalue weighted by Crippen LogP contribution is 2.32. The van der Waals surface area contributed by atoms with Crippen LogP contribution in [-0.2, 0) is 20.0 Å². The van der Waals surface area contributed by atoms with Gasteiger partial charge in [-0.1, -0.05) is 43.3 Å².